The topological polar surface area (TPSA) is 49.4 Å². The van der Waals surface area contributed by atoms with Crippen LogP contribution >= 0.6 is 27.3 Å². The van der Waals surface area contributed by atoms with Crippen molar-refractivity contribution in [3.8, 4) is 0 Å². The van der Waals surface area contributed by atoms with E-state index in [1.807, 2.05) is 52.7 Å². The highest BCUT2D eigenvalue weighted by Crippen LogP contribution is 2.30. The lowest BCUT2D eigenvalue weighted by Crippen LogP contribution is -2.35. The van der Waals surface area contributed by atoms with Crippen LogP contribution in [0.2, 0.25) is 0 Å². The number of rotatable bonds is 4. The zero-order valence-corrected chi connectivity index (χ0v) is 17.6. The van der Waals surface area contributed by atoms with Gasteiger partial charge in [-0.15, -0.1) is 11.3 Å². The van der Waals surface area contributed by atoms with Crippen molar-refractivity contribution in [2.75, 3.05) is 11.4 Å². The maximum absolute atomic E-state index is 13.0. The Morgan fingerprint density at radius 2 is 1.93 bits per heavy atom. The summed E-state index contributed by atoms with van der Waals surface area (Å²) in [5, 5.41) is 4.79. The van der Waals surface area contributed by atoms with Gasteiger partial charge < -0.3 is 10.2 Å². The summed E-state index contributed by atoms with van der Waals surface area (Å²) >= 11 is 4.92. The minimum atomic E-state index is -0.0776. The van der Waals surface area contributed by atoms with E-state index in [0.717, 1.165) is 35.1 Å². The van der Waals surface area contributed by atoms with E-state index < -0.39 is 0 Å². The number of carbonyl (C=O) groups excluding carboxylic acids is 2. The van der Waals surface area contributed by atoms with Crippen LogP contribution in [0, 0.1) is 0 Å². The van der Waals surface area contributed by atoms with E-state index in [0.29, 0.717) is 17.0 Å². The minimum Gasteiger partial charge on any atom is -0.347 e. The van der Waals surface area contributed by atoms with Crippen LogP contribution in [0.5, 0.6) is 0 Å². The Hall–Kier alpha value is -2.44. The largest absolute Gasteiger partial charge is 0.347 e. The number of nitrogens with one attached hydrogen (secondary N) is 1. The van der Waals surface area contributed by atoms with Crippen molar-refractivity contribution in [2.24, 2.45) is 0 Å². The van der Waals surface area contributed by atoms with Gasteiger partial charge >= 0.3 is 0 Å². The molecule has 4 rings (SSSR count). The Balaban J connectivity index is 1.44. The molecule has 2 amide bonds. The quantitative estimate of drug-likeness (QED) is 0.600. The van der Waals surface area contributed by atoms with Gasteiger partial charge in [0.2, 0.25) is 0 Å². The van der Waals surface area contributed by atoms with Crippen LogP contribution in [0.3, 0.4) is 0 Å². The average molecular weight is 455 g/mol. The van der Waals surface area contributed by atoms with Gasteiger partial charge in [-0.05, 0) is 65.7 Å². The van der Waals surface area contributed by atoms with Crippen molar-refractivity contribution < 1.29 is 9.59 Å². The van der Waals surface area contributed by atoms with Crippen LogP contribution in [0.15, 0.2) is 64.5 Å². The first-order chi connectivity index (χ1) is 13.6. The number of thiophene rings is 1. The first kappa shape index (κ1) is 18.9. The zero-order valence-electron chi connectivity index (χ0n) is 15.2. The van der Waals surface area contributed by atoms with Crippen LogP contribution in [0.25, 0.3) is 0 Å². The molecule has 3 aromatic rings. The molecule has 0 aliphatic carbocycles. The normalized spacial score (nSPS) is 13.1. The lowest BCUT2D eigenvalue weighted by Gasteiger charge is -2.29. The first-order valence-electron chi connectivity index (χ1n) is 9.13. The second kappa shape index (κ2) is 8.29. The van der Waals surface area contributed by atoms with E-state index in [4.69, 9.17) is 0 Å². The third-order valence-electron chi connectivity index (χ3n) is 4.80. The van der Waals surface area contributed by atoms with Crippen LogP contribution in [0.4, 0.5) is 5.69 Å². The van der Waals surface area contributed by atoms with E-state index in [-0.39, 0.29) is 11.8 Å². The highest BCUT2D eigenvalue weighted by Gasteiger charge is 2.23. The van der Waals surface area contributed by atoms with Gasteiger partial charge in [0.15, 0.2) is 0 Å². The number of hydrogen-bond acceptors (Lipinski definition) is 3. The molecule has 6 heteroatoms. The van der Waals surface area contributed by atoms with E-state index in [1.165, 1.54) is 16.9 Å². The number of anilines is 1. The molecule has 0 fully saturated rings. The zero-order chi connectivity index (χ0) is 19.5. The fraction of sp³-hybridized carbons (Fsp3) is 0.182. The molecular weight excluding hydrogens is 436 g/mol. The number of nitrogens with zero attached hydrogens (tertiary/aromatic N) is 1. The molecule has 2 aromatic carbocycles. The molecule has 4 nitrogen and oxygen atoms in total. The Labute approximate surface area is 176 Å². The summed E-state index contributed by atoms with van der Waals surface area (Å²) in [6.07, 6.45) is 1.95. The molecule has 1 aliphatic heterocycles. The number of aryl methyl sites for hydroxylation is 1. The number of carbonyl (C=O) groups is 2. The third kappa shape index (κ3) is 4.03. The van der Waals surface area contributed by atoms with Crippen molar-refractivity contribution in [1.82, 2.24) is 5.32 Å². The molecule has 28 heavy (non-hydrogen) atoms. The SMILES string of the molecule is O=C(NCc1ccc(C(=O)N2CCCc3cc(Br)ccc32)cc1)c1cccs1. The molecular formula is C22H19BrN2O2S. The predicted octanol–water partition coefficient (Wildman–Crippen LogP) is 5.03. The smallest absolute Gasteiger partial charge is 0.261 e. The fourth-order valence-electron chi connectivity index (χ4n) is 3.37. The Morgan fingerprint density at radius 1 is 1.11 bits per heavy atom. The molecule has 0 unspecified atom stereocenters. The van der Waals surface area contributed by atoms with Crippen molar-refractivity contribution in [2.45, 2.75) is 19.4 Å². The van der Waals surface area contributed by atoms with Gasteiger partial charge in [0.1, 0.15) is 0 Å². The fourth-order valence-corrected chi connectivity index (χ4v) is 4.42. The first-order valence-corrected chi connectivity index (χ1v) is 10.8. The van der Waals surface area contributed by atoms with Crippen LogP contribution in [0.1, 0.15) is 37.6 Å². The number of hydrogen-bond donors (Lipinski definition) is 1. The Kier molecular flexibility index (Phi) is 5.59. The molecule has 1 aromatic heterocycles. The van der Waals surface area contributed by atoms with Crippen LogP contribution in [-0.2, 0) is 13.0 Å². The molecule has 0 radical (unpaired) electrons. The molecule has 0 saturated carbocycles. The molecule has 2 heterocycles. The van der Waals surface area contributed by atoms with E-state index >= 15 is 0 Å². The molecule has 1 N–H and O–H groups in total. The number of benzene rings is 2. The standard InChI is InChI=1S/C22H19BrN2O2S/c23-18-9-10-19-17(13-18)3-1-11-25(19)22(27)16-7-5-15(6-8-16)14-24-21(26)20-4-2-12-28-20/h2,4-10,12-13H,1,3,11,14H2,(H,24,26). The summed E-state index contributed by atoms with van der Waals surface area (Å²) in [5.74, 6) is -0.0660. The molecule has 0 saturated heterocycles. The van der Waals surface area contributed by atoms with Gasteiger partial charge in [-0.2, -0.15) is 0 Å². The van der Waals surface area contributed by atoms with Crippen molar-refractivity contribution >= 4 is 44.8 Å². The summed E-state index contributed by atoms with van der Waals surface area (Å²) < 4.78 is 1.04. The maximum atomic E-state index is 13.0. The summed E-state index contributed by atoms with van der Waals surface area (Å²) in [6, 6.07) is 17.2. The highest BCUT2D eigenvalue weighted by atomic mass is 79.9. The molecule has 142 valence electrons. The van der Waals surface area contributed by atoms with Gasteiger partial charge in [-0.1, -0.05) is 34.1 Å². The maximum Gasteiger partial charge on any atom is 0.261 e. The van der Waals surface area contributed by atoms with Gasteiger partial charge in [0.05, 0.1) is 4.88 Å². The number of amides is 2. The monoisotopic (exact) mass is 454 g/mol. The molecule has 1 aliphatic rings. The van der Waals surface area contributed by atoms with Crippen LogP contribution < -0.4 is 10.2 Å². The van der Waals surface area contributed by atoms with E-state index in [9.17, 15) is 9.59 Å². The summed E-state index contributed by atoms with van der Waals surface area (Å²) in [6.45, 7) is 1.16. The van der Waals surface area contributed by atoms with Gasteiger partial charge in [0, 0.05) is 28.8 Å². The average Bonchev–Trinajstić information content (AvgIpc) is 3.26. The van der Waals surface area contributed by atoms with Crippen molar-refractivity contribution in [1.29, 1.82) is 0 Å². The van der Waals surface area contributed by atoms with Crippen LogP contribution in [-0.4, -0.2) is 18.4 Å². The highest BCUT2D eigenvalue weighted by molar-refractivity contribution is 9.10. The Morgan fingerprint density at radius 3 is 2.68 bits per heavy atom. The predicted molar refractivity (Wildman–Crippen MR) is 116 cm³/mol. The lowest BCUT2D eigenvalue weighted by atomic mass is 10.0. The van der Waals surface area contributed by atoms with Gasteiger partial charge in [-0.3, -0.25) is 9.59 Å². The molecule has 0 spiro atoms. The van der Waals surface area contributed by atoms with Crippen molar-refractivity contribution in [3.05, 3.63) is 86.0 Å². The summed E-state index contributed by atoms with van der Waals surface area (Å²) in [5.41, 5.74) is 3.81. The summed E-state index contributed by atoms with van der Waals surface area (Å²) in [4.78, 5) is 27.6. The lowest BCUT2D eigenvalue weighted by molar-refractivity contribution is 0.0952. The second-order valence-electron chi connectivity index (χ2n) is 6.69. The van der Waals surface area contributed by atoms with Crippen molar-refractivity contribution in [3.63, 3.8) is 0 Å². The molecule has 0 bridgehead atoms. The number of halogens is 1. The number of fused-ring (bicyclic) bond motifs is 1. The third-order valence-corrected chi connectivity index (χ3v) is 6.17. The van der Waals surface area contributed by atoms with E-state index in [2.05, 4.69) is 27.3 Å². The molecule has 0 atom stereocenters. The van der Waals surface area contributed by atoms with Gasteiger partial charge in [0.25, 0.3) is 11.8 Å². The van der Waals surface area contributed by atoms with Gasteiger partial charge in [-0.25, -0.2) is 0 Å². The van der Waals surface area contributed by atoms with E-state index in [1.54, 1.807) is 6.07 Å². The Bertz CT molecular complexity index is 1000. The second-order valence-corrected chi connectivity index (χ2v) is 8.55. The minimum absolute atomic E-state index is 0.0115. The summed E-state index contributed by atoms with van der Waals surface area (Å²) in [7, 11) is 0.